The Labute approximate surface area is 250 Å². The maximum absolute atomic E-state index is 12.8. The van der Waals surface area contributed by atoms with Crippen LogP contribution in [-0.2, 0) is 23.8 Å². The van der Waals surface area contributed by atoms with E-state index in [4.69, 9.17) is 19.3 Å². The standard InChI is InChI=1S/C34H48O8/c1-23-13-7-5-8-15-27-21-31(34(4,22-35)30(41-27)17-12-11-16-28(36)33(38)39)42-32(37)18-10-6-9-14-26-20-24(2)25(3)29(19-23)40-26/h6-13,15,18-19,24-31,35-36H,5,14,16-17,20-22H2,1-4H3,(H,38,39)/b9-6+,12-11-,13-7?,15-8+,18-10+,23-19?/t24-,25+,26-,27+,28?,29+,30-,31+,34-/m0/s1. The summed E-state index contributed by atoms with van der Waals surface area (Å²) in [6, 6.07) is 0. The van der Waals surface area contributed by atoms with Gasteiger partial charge in [-0.2, -0.15) is 0 Å². The molecule has 3 N–H and O–H groups in total. The van der Waals surface area contributed by atoms with E-state index in [1.807, 2.05) is 31.2 Å². The van der Waals surface area contributed by atoms with Gasteiger partial charge in [0.1, 0.15) is 6.10 Å². The number of carboxylic acid groups (broad SMARTS) is 1. The molecule has 3 rings (SSSR count). The monoisotopic (exact) mass is 584 g/mol. The predicted octanol–water partition coefficient (Wildman–Crippen LogP) is 5.23. The van der Waals surface area contributed by atoms with Crippen LogP contribution < -0.4 is 0 Å². The lowest BCUT2D eigenvalue weighted by Gasteiger charge is -2.47. The highest BCUT2D eigenvalue weighted by atomic mass is 16.6. The molecule has 2 fully saturated rings. The first kappa shape index (κ1) is 33.7. The summed E-state index contributed by atoms with van der Waals surface area (Å²) in [5.41, 5.74) is 0.265. The van der Waals surface area contributed by atoms with Crippen molar-refractivity contribution in [2.45, 2.75) is 103 Å². The molecule has 3 aliphatic rings. The number of hydrogen-bond donors (Lipinski definition) is 3. The second-order valence-corrected chi connectivity index (χ2v) is 12.1. The summed E-state index contributed by atoms with van der Waals surface area (Å²) < 4.78 is 18.7. The van der Waals surface area contributed by atoms with Crippen LogP contribution in [0.5, 0.6) is 0 Å². The number of rotatable bonds is 6. The number of allylic oxidation sites excluding steroid dienone is 6. The molecule has 8 heteroatoms. The molecule has 0 aromatic heterocycles. The van der Waals surface area contributed by atoms with Crippen molar-refractivity contribution in [3.05, 3.63) is 72.4 Å². The number of aliphatic carboxylic acids is 1. The average Bonchev–Trinajstić information content (AvgIpc) is 2.94. The van der Waals surface area contributed by atoms with Crippen LogP contribution in [0.25, 0.3) is 0 Å². The molecule has 3 heterocycles. The van der Waals surface area contributed by atoms with E-state index in [1.165, 1.54) is 6.08 Å². The van der Waals surface area contributed by atoms with Gasteiger partial charge >= 0.3 is 11.9 Å². The Morgan fingerprint density at radius 2 is 1.90 bits per heavy atom. The largest absolute Gasteiger partial charge is 0.479 e. The summed E-state index contributed by atoms with van der Waals surface area (Å²) in [6.45, 7) is 8.17. The molecule has 2 saturated heterocycles. The van der Waals surface area contributed by atoms with Gasteiger partial charge in [0.15, 0.2) is 6.10 Å². The molecule has 0 radical (unpaired) electrons. The third kappa shape index (κ3) is 9.63. The minimum absolute atomic E-state index is 0.0380. The molecule has 0 saturated carbocycles. The Bertz CT molecular complexity index is 1090. The molecule has 8 nitrogen and oxygen atoms in total. The molecule has 0 amide bonds. The van der Waals surface area contributed by atoms with Gasteiger partial charge < -0.3 is 29.5 Å². The van der Waals surface area contributed by atoms with Crippen LogP contribution in [0, 0.1) is 17.3 Å². The fourth-order valence-electron chi connectivity index (χ4n) is 5.69. The van der Waals surface area contributed by atoms with Crippen molar-refractivity contribution >= 4 is 11.9 Å². The van der Waals surface area contributed by atoms with Crippen molar-refractivity contribution in [1.29, 1.82) is 0 Å². The number of hydrogen-bond acceptors (Lipinski definition) is 7. The normalized spacial score (nSPS) is 37.7. The fraction of sp³-hybridized carbons (Fsp3) is 0.588. The zero-order valence-electron chi connectivity index (χ0n) is 25.3. The van der Waals surface area contributed by atoms with Gasteiger partial charge in [-0.05, 0) is 44.4 Å². The van der Waals surface area contributed by atoms with E-state index in [0.717, 1.165) is 18.4 Å². The number of carboxylic acids is 1. The molecule has 4 bridgehead atoms. The smallest absolute Gasteiger partial charge is 0.332 e. The van der Waals surface area contributed by atoms with Crippen molar-refractivity contribution in [2.24, 2.45) is 17.3 Å². The molecule has 232 valence electrons. The first-order chi connectivity index (χ1) is 20.0. The highest BCUT2D eigenvalue weighted by Gasteiger charge is 2.49. The van der Waals surface area contributed by atoms with Crippen LogP contribution >= 0.6 is 0 Å². The predicted molar refractivity (Wildman–Crippen MR) is 162 cm³/mol. The minimum atomic E-state index is -1.48. The van der Waals surface area contributed by atoms with E-state index in [2.05, 4.69) is 39.0 Å². The Balaban J connectivity index is 1.82. The van der Waals surface area contributed by atoms with E-state index >= 15 is 0 Å². The lowest BCUT2D eigenvalue weighted by molar-refractivity contribution is -0.198. The number of aliphatic hydroxyl groups is 2. The zero-order valence-corrected chi connectivity index (χ0v) is 25.3. The van der Waals surface area contributed by atoms with E-state index in [1.54, 1.807) is 18.2 Å². The Morgan fingerprint density at radius 3 is 2.64 bits per heavy atom. The molecule has 0 aromatic rings. The van der Waals surface area contributed by atoms with Gasteiger partial charge in [0, 0.05) is 18.9 Å². The van der Waals surface area contributed by atoms with Crippen molar-refractivity contribution in [2.75, 3.05) is 6.61 Å². The number of carbonyl (C=O) groups is 2. The Hall–Kier alpha value is -2.78. The number of fused-ring (bicyclic) bond motifs is 4. The van der Waals surface area contributed by atoms with Gasteiger partial charge in [-0.15, -0.1) is 0 Å². The fourth-order valence-corrected chi connectivity index (χ4v) is 5.69. The second-order valence-electron chi connectivity index (χ2n) is 12.1. The van der Waals surface area contributed by atoms with Gasteiger partial charge in [0.2, 0.25) is 0 Å². The Morgan fingerprint density at radius 1 is 1.12 bits per heavy atom. The third-order valence-corrected chi connectivity index (χ3v) is 8.73. The second kappa shape index (κ2) is 16.2. The molecule has 1 unspecified atom stereocenters. The molecular formula is C34H48O8. The quantitative estimate of drug-likeness (QED) is 0.287. The van der Waals surface area contributed by atoms with Gasteiger partial charge in [-0.25, -0.2) is 9.59 Å². The summed E-state index contributed by atoms with van der Waals surface area (Å²) in [5, 5.41) is 28.9. The van der Waals surface area contributed by atoms with Crippen LogP contribution in [0.1, 0.15) is 66.2 Å². The molecule has 9 atom stereocenters. The first-order valence-electron chi connectivity index (χ1n) is 15.1. The van der Waals surface area contributed by atoms with Crippen molar-refractivity contribution in [1.82, 2.24) is 0 Å². The summed E-state index contributed by atoms with van der Waals surface area (Å²) in [5.74, 6) is -0.822. The van der Waals surface area contributed by atoms with Crippen LogP contribution in [0.2, 0.25) is 0 Å². The highest BCUT2D eigenvalue weighted by molar-refractivity contribution is 5.82. The molecule has 3 aliphatic heterocycles. The van der Waals surface area contributed by atoms with Crippen LogP contribution in [-0.4, -0.2) is 70.5 Å². The topological polar surface area (TPSA) is 123 Å². The highest BCUT2D eigenvalue weighted by Crippen LogP contribution is 2.41. The molecule has 0 spiro atoms. The zero-order chi connectivity index (χ0) is 30.7. The first-order valence-corrected chi connectivity index (χ1v) is 15.1. The number of esters is 1. The third-order valence-electron chi connectivity index (χ3n) is 8.73. The lowest BCUT2D eigenvalue weighted by Crippen LogP contribution is -2.55. The maximum atomic E-state index is 12.8. The molecule has 0 aliphatic carbocycles. The van der Waals surface area contributed by atoms with E-state index in [0.29, 0.717) is 31.1 Å². The summed E-state index contributed by atoms with van der Waals surface area (Å²) in [6.07, 6.45) is 21.0. The lowest BCUT2D eigenvalue weighted by atomic mass is 9.73. The SMILES string of the molecule is CC1=C[C@H]2O[C@@H](C/C=C/C=C/C(=O)O[C@@H]3C[C@@H](/C=C/CC=C1)O[C@@H](C/C=C\CC(O)C(=O)O)[C@]3(C)CO)C[C@H](C)[C@H]2C. The Kier molecular flexibility index (Phi) is 13.0. The van der Waals surface area contributed by atoms with E-state index in [-0.39, 0.29) is 31.3 Å². The van der Waals surface area contributed by atoms with Crippen molar-refractivity contribution in [3.8, 4) is 0 Å². The molecule has 0 aromatic carbocycles. The van der Waals surface area contributed by atoms with Gasteiger partial charge in [-0.3, -0.25) is 0 Å². The van der Waals surface area contributed by atoms with Gasteiger partial charge in [-0.1, -0.05) is 87.1 Å². The number of aliphatic hydroxyl groups excluding tert-OH is 2. The molecule has 42 heavy (non-hydrogen) atoms. The van der Waals surface area contributed by atoms with Gasteiger partial charge in [0.25, 0.3) is 0 Å². The minimum Gasteiger partial charge on any atom is -0.479 e. The van der Waals surface area contributed by atoms with Crippen LogP contribution in [0.4, 0.5) is 0 Å². The molecular weight excluding hydrogens is 536 g/mol. The van der Waals surface area contributed by atoms with Crippen molar-refractivity contribution in [3.63, 3.8) is 0 Å². The van der Waals surface area contributed by atoms with Gasteiger partial charge in [0.05, 0.1) is 36.4 Å². The average molecular weight is 585 g/mol. The van der Waals surface area contributed by atoms with Crippen LogP contribution in [0.15, 0.2) is 72.4 Å². The maximum Gasteiger partial charge on any atom is 0.332 e. The summed E-state index contributed by atoms with van der Waals surface area (Å²) in [7, 11) is 0. The summed E-state index contributed by atoms with van der Waals surface area (Å²) >= 11 is 0. The van der Waals surface area contributed by atoms with Crippen LogP contribution in [0.3, 0.4) is 0 Å². The van der Waals surface area contributed by atoms with E-state index in [9.17, 15) is 19.8 Å². The van der Waals surface area contributed by atoms with E-state index < -0.39 is 35.7 Å². The van der Waals surface area contributed by atoms with Crippen molar-refractivity contribution < 1.29 is 39.1 Å². The summed E-state index contributed by atoms with van der Waals surface area (Å²) in [4.78, 5) is 23.7. The number of ether oxygens (including phenoxy) is 3. The number of carbonyl (C=O) groups excluding carboxylic acids is 1.